The number of carbonyl (C=O) groups is 2. The van der Waals surface area contributed by atoms with Crippen molar-refractivity contribution >= 4 is 34.9 Å². The molecule has 4 amide bonds. The highest BCUT2D eigenvalue weighted by molar-refractivity contribution is 6.00. The van der Waals surface area contributed by atoms with Crippen molar-refractivity contribution in [1.29, 1.82) is 0 Å². The Labute approximate surface area is 167 Å². The van der Waals surface area contributed by atoms with Gasteiger partial charge in [0.25, 0.3) is 5.95 Å². The second-order valence-corrected chi connectivity index (χ2v) is 6.73. The van der Waals surface area contributed by atoms with Gasteiger partial charge in [0, 0.05) is 6.20 Å². The fourth-order valence-corrected chi connectivity index (χ4v) is 3.13. The largest absolute Gasteiger partial charge is 0.394 e. The van der Waals surface area contributed by atoms with E-state index in [1.54, 1.807) is 0 Å². The highest BCUT2D eigenvalue weighted by Gasteiger charge is 2.53. The zero-order valence-electron chi connectivity index (χ0n) is 15.5. The van der Waals surface area contributed by atoms with Crippen molar-refractivity contribution in [3.8, 4) is 0 Å². The quantitative estimate of drug-likeness (QED) is 0.148. The molecule has 0 aromatic carbocycles. The van der Waals surface area contributed by atoms with E-state index < -0.39 is 65.7 Å². The number of halogens is 1. The Morgan fingerprint density at radius 2 is 1.90 bits per heavy atom. The molecule has 0 unspecified atom stereocenters. The van der Waals surface area contributed by atoms with E-state index in [9.17, 15) is 29.3 Å². The van der Waals surface area contributed by atoms with Crippen LogP contribution in [0.4, 0.5) is 25.7 Å². The lowest BCUT2D eigenvalue weighted by atomic mass is 9.96. The number of nitrogens with zero attached hydrogens (tertiary/aromatic N) is 5. The third-order valence-corrected chi connectivity index (χ3v) is 4.70. The summed E-state index contributed by atoms with van der Waals surface area (Å²) in [5.74, 6) is 8.91. The molecule has 1 aliphatic rings. The van der Waals surface area contributed by atoms with Crippen LogP contribution in [0.25, 0.3) is 11.0 Å². The molecule has 2 aromatic rings. The number of ether oxygens (including phenoxy) is 1. The van der Waals surface area contributed by atoms with Crippen molar-refractivity contribution in [3.63, 3.8) is 0 Å². The molecule has 2 aromatic heterocycles. The van der Waals surface area contributed by atoms with Crippen LogP contribution in [-0.4, -0.2) is 66.3 Å². The molecule has 1 saturated heterocycles. The number of urea groups is 2. The van der Waals surface area contributed by atoms with Crippen molar-refractivity contribution in [3.05, 3.63) is 12.0 Å². The summed E-state index contributed by atoms with van der Waals surface area (Å²) in [6.45, 7) is 0.555. The van der Waals surface area contributed by atoms with Crippen LogP contribution in [0, 0.1) is 5.82 Å². The minimum atomic E-state index is -2.00. The van der Waals surface area contributed by atoms with E-state index in [2.05, 4.69) is 9.97 Å². The topological polar surface area (TPSA) is 245 Å². The van der Waals surface area contributed by atoms with Gasteiger partial charge in [0.05, 0.1) is 12.0 Å². The molecule has 11 N–H and O–H groups in total. The second-order valence-electron chi connectivity index (χ2n) is 6.73. The average molecular weight is 429 g/mol. The Hall–Kier alpha value is -3.15. The first-order chi connectivity index (χ1) is 13.9. The van der Waals surface area contributed by atoms with Gasteiger partial charge >= 0.3 is 12.1 Å². The van der Waals surface area contributed by atoms with Crippen LogP contribution >= 0.6 is 0 Å². The molecule has 164 valence electrons. The number of primary amides is 2. The molecule has 1 aliphatic heterocycles. The number of amides is 4. The molecule has 0 bridgehead atoms. The van der Waals surface area contributed by atoms with Gasteiger partial charge in [-0.2, -0.15) is 15.0 Å². The SMILES string of the molecule is C[C@@]1(O)[C@H](O)[C@@H](CO)O[C@H]1n1cc(F)c2c(N(N)C(N)=O)nc(N(N)C(N)=O)nc21. The van der Waals surface area contributed by atoms with E-state index in [1.807, 2.05) is 0 Å². The Morgan fingerprint density at radius 3 is 2.40 bits per heavy atom. The molecular formula is C14H20FN9O6. The highest BCUT2D eigenvalue weighted by Crippen LogP contribution is 2.41. The molecular weight excluding hydrogens is 409 g/mol. The summed E-state index contributed by atoms with van der Waals surface area (Å²) in [6, 6.07) is -2.42. The molecule has 1 fully saturated rings. The number of fused-ring (bicyclic) bond motifs is 1. The number of aliphatic hydroxyl groups excluding tert-OH is 2. The minimum absolute atomic E-state index is 0.286. The third-order valence-electron chi connectivity index (χ3n) is 4.70. The third kappa shape index (κ3) is 3.16. The molecule has 4 atom stereocenters. The summed E-state index contributed by atoms with van der Waals surface area (Å²) in [5, 5.41) is 30.4. The molecule has 15 nitrogen and oxygen atoms in total. The van der Waals surface area contributed by atoms with E-state index in [1.165, 1.54) is 6.92 Å². The summed E-state index contributed by atoms with van der Waals surface area (Å²) in [6.07, 6.45) is -3.36. The standard InChI is InChI=1S/C14H20FN9O6/c1-14(29)7(26)5(3-25)30-10(14)22-2-4(15)6-8(22)20-13(24(19)12(17)28)21-9(6)23(18)11(16)27/h2,5,7,10,25-26,29H,3,18-19H2,1H3,(H2,16,27)(H2,17,28)/t5-,7-,10-,14-/m1/s1. The van der Waals surface area contributed by atoms with Gasteiger partial charge in [-0.25, -0.2) is 30.7 Å². The Bertz CT molecular complexity index is 1010. The van der Waals surface area contributed by atoms with Gasteiger partial charge in [-0.1, -0.05) is 0 Å². The van der Waals surface area contributed by atoms with Crippen LogP contribution in [0.3, 0.4) is 0 Å². The number of hydrogen-bond donors (Lipinski definition) is 7. The van der Waals surface area contributed by atoms with Crippen molar-refractivity contribution in [1.82, 2.24) is 14.5 Å². The minimum Gasteiger partial charge on any atom is -0.394 e. The monoisotopic (exact) mass is 429 g/mol. The van der Waals surface area contributed by atoms with Crippen molar-refractivity contribution in [2.75, 3.05) is 16.6 Å². The van der Waals surface area contributed by atoms with E-state index >= 15 is 0 Å². The van der Waals surface area contributed by atoms with Crippen LogP contribution in [0.2, 0.25) is 0 Å². The molecule has 0 radical (unpaired) electrons. The van der Waals surface area contributed by atoms with Gasteiger partial charge in [-0.15, -0.1) is 0 Å². The normalized spacial score (nSPS) is 26.2. The molecule has 3 heterocycles. The molecule has 30 heavy (non-hydrogen) atoms. The number of hydrazine groups is 2. The van der Waals surface area contributed by atoms with Gasteiger partial charge in [-0.3, -0.25) is 4.57 Å². The van der Waals surface area contributed by atoms with Crippen LogP contribution in [-0.2, 0) is 4.74 Å². The lowest BCUT2D eigenvalue weighted by Crippen LogP contribution is -2.45. The van der Waals surface area contributed by atoms with Gasteiger partial charge in [0.1, 0.15) is 17.8 Å². The molecule has 0 saturated carbocycles. The Balaban J connectivity index is 2.30. The first kappa shape index (κ1) is 21.6. The van der Waals surface area contributed by atoms with Gasteiger partial charge in [-0.05, 0) is 6.92 Å². The predicted octanol–water partition coefficient (Wildman–Crippen LogP) is -2.91. The van der Waals surface area contributed by atoms with Crippen LogP contribution in [0.15, 0.2) is 6.20 Å². The summed E-state index contributed by atoms with van der Waals surface area (Å²) in [5.41, 5.74) is 7.89. The van der Waals surface area contributed by atoms with Crippen molar-refractivity contribution < 1.29 is 34.0 Å². The summed E-state index contributed by atoms with van der Waals surface area (Å²) in [7, 11) is 0. The number of hydrogen-bond acceptors (Lipinski definition) is 10. The van der Waals surface area contributed by atoms with E-state index in [-0.39, 0.29) is 10.7 Å². The van der Waals surface area contributed by atoms with Crippen molar-refractivity contribution in [2.24, 2.45) is 23.2 Å². The molecule has 0 spiro atoms. The predicted molar refractivity (Wildman–Crippen MR) is 97.6 cm³/mol. The van der Waals surface area contributed by atoms with Crippen LogP contribution < -0.4 is 33.2 Å². The number of anilines is 2. The average Bonchev–Trinajstić information content (AvgIpc) is 3.13. The Kier molecular flexibility index (Phi) is 5.23. The van der Waals surface area contributed by atoms with Gasteiger partial charge in [0.2, 0.25) is 0 Å². The van der Waals surface area contributed by atoms with Crippen molar-refractivity contribution in [2.45, 2.75) is 31.0 Å². The van der Waals surface area contributed by atoms with Gasteiger partial charge < -0.3 is 31.5 Å². The maximum Gasteiger partial charge on any atom is 0.336 e. The molecule has 3 rings (SSSR count). The van der Waals surface area contributed by atoms with E-state index in [4.69, 9.17) is 27.9 Å². The van der Waals surface area contributed by atoms with E-state index in [0.717, 1.165) is 10.8 Å². The Morgan fingerprint density at radius 1 is 1.30 bits per heavy atom. The second kappa shape index (κ2) is 7.27. The summed E-state index contributed by atoms with van der Waals surface area (Å²) >= 11 is 0. The maximum absolute atomic E-state index is 14.8. The van der Waals surface area contributed by atoms with Crippen LogP contribution in [0.1, 0.15) is 13.2 Å². The fraction of sp³-hybridized carbons (Fsp3) is 0.429. The number of carbonyl (C=O) groups excluding carboxylic acids is 2. The number of aliphatic hydroxyl groups is 3. The zero-order chi connectivity index (χ0) is 22.5. The first-order valence-corrected chi connectivity index (χ1v) is 8.35. The molecule has 16 heteroatoms. The first-order valence-electron chi connectivity index (χ1n) is 8.35. The highest BCUT2D eigenvalue weighted by atomic mass is 19.1. The molecule has 0 aliphatic carbocycles. The number of nitrogens with two attached hydrogens (primary N) is 4. The lowest BCUT2D eigenvalue weighted by Gasteiger charge is -2.27. The van der Waals surface area contributed by atoms with Gasteiger partial charge in [0.15, 0.2) is 23.5 Å². The van der Waals surface area contributed by atoms with Crippen LogP contribution in [0.5, 0.6) is 0 Å². The summed E-state index contributed by atoms with van der Waals surface area (Å²) < 4.78 is 21.3. The maximum atomic E-state index is 14.8. The lowest BCUT2D eigenvalue weighted by molar-refractivity contribution is -0.0949. The number of rotatable bonds is 4. The smallest absolute Gasteiger partial charge is 0.336 e. The number of aromatic nitrogens is 3. The summed E-state index contributed by atoms with van der Waals surface area (Å²) in [4.78, 5) is 30.7. The van der Waals surface area contributed by atoms with E-state index in [0.29, 0.717) is 5.01 Å². The zero-order valence-corrected chi connectivity index (χ0v) is 15.5. The fourth-order valence-electron chi connectivity index (χ4n) is 3.13.